The van der Waals surface area contributed by atoms with Gasteiger partial charge in [0.25, 0.3) is 0 Å². The minimum absolute atomic E-state index is 0.862. The normalized spacial score (nSPS) is 16.1. The number of hydrogen-bond acceptors (Lipinski definition) is 3. The molecule has 3 heterocycles. The van der Waals surface area contributed by atoms with Crippen LogP contribution in [0.15, 0.2) is 48.9 Å². The van der Waals surface area contributed by atoms with Crippen LogP contribution in [-0.4, -0.2) is 21.7 Å². The van der Waals surface area contributed by atoms with E-state index in [4.69, 9.17) is 0 Å². The van der Waals surface area contributed by atoms with Crippen LogP contribution in [0.5, 0.6) is 0 Å². The molecule has 1 N–H and O–H groups in total. The third-order valence-corrected chi connectivity index (χ3v) is 4.88. The van der Waals surface area contributed by atoms with Crippen LogP contribution in [0, 0.1) is 5.92 Å². The summed E-state index contributed by atoms with van der Waals surface area (Å²) in [6, 6.07) is 10.9. The van der Waals surface area contributed by atoms with Crippen molar-refractivity contribution >= 4 is 5.69 Å². The standard InChI is InChI=1S/C19H18N4/c1-2-13(1)11-23-12-16-10-21-22-19(16)17-4-3-15(9-18(17)23)14-5-7-20-8-6-14/h3-10,13H,1-2,11-12H2,(H,21,22). The molecule has 0 atom stereocenters. The van der Waals surface area contributed by atoms with E-state index in [1.54, 1.807) is 0 Å². The Morgan fingerprint density at radius 1 is 1.09 bits per heavy atom. The van der Waals surface area contributed by atoms with Crippen molar-refractivity contribution in [3.63, 3.8) is 0 Å². The fraction of sp³-hybridized carbons (Fsp3) is 0.263. The fourth-order valence-electron chi connectivity index (χ4n) is 3.46. The molecule has 5 rings (SSSR count). The second kappa shape index (κ2) is 4.95. The molecule has 1 aliphatic carbocycles. The Hall–Kier alpha value is -2.62. The number of nitrogens with one attached hydrogen (secondary N) is 1. The highest BCUT2D eigenvalue weighted by Crippen LogP contribution is 2.42. The van der Waals surface area contributed by atoms with E-state index in [0.717, 1.165) is 19.0 Å². The predicted molar refractivity (Wildman–Crippen MR) is 91.0 cm³/mol. The zero-order chi connectivity index (χ0) is 15.2. The van der Waals surface area contributed by atoms with E-state index in [1.807, 2.05) is 18.6 Å². The third kappa shape index (κ3) is 2.22. The molecule has 0 unspecified atom stereocenters. The van der Waals surface area contributed by atoms with Gasteiger partial charge in [-0.05, 0) is 48.1 Å². The number of aromatic nitrogens is 3. The fourth-order valence-corrected chi connectivity index (χ4v) is 3.46. The van der Waals surface area contributed by atoms with Gasteiger partial charge in [-0.25, -0.2) is 0 Å². The van der Waals surface area contributed by atoms with Gasteiger partial charge in [-0.1, -0.05) is 12.1 Å². The van der Waals surface area contributed by atoms with Gasteiger partial charge in [0.2, 0.25) is 0 Å². The summed E-state index contributed by atoms with van der Waals surface area (Å²) in [6.07, 6.45) is 8.41. The van der Waals surface area contributed by atoms with E-state index in [-0.39, 0.29) is 0 Å². The molecular weight excluding hydrogens is 284 g/mol. The molecule has 1 aliphatic heterocycles. The maximum absolute atomic E-state index is 4.25. The molecule has 0 bridgehead atoms. The SMILES string of the molecule is c1cc(-c2ccc3c(c2)N(CC2CC2)Cc2cn[nH]c2-3)ccn1. The zero-order valence-corrected chi connectivity index (χ0v) is 12.9. The van der Waals surface area contributed by atoms with Crippen LogP contribution in [0.4, 0.5) is 5.69 Å². The van der Waals surface area contributed by atoms with Crippen LogP contribution < -0.4 is 4.90 Å². The number of rotatable bonds is 3. The second-order valence-corrected chi connectivity index (χ2v) is 6.56. The maximum Gasteiger partial charge on any atom is 0.0720 e. The summed E-state index contributed by atoms with van der Waals surface area (Å²) in [5, 5.41) is 7.43. The average Bonchev–Trinajstić information content (AvgIpc) is 3.29. The van der Waals surface area contributed by atoms with Crippen molar-refractivity contribution in [1.82, 2.24) is 15.2 Å². The van der Waals surface area contributed by atoms with Crippen LogP contribution in [0.25, 0.3) is 22.4 Å². The minimum Gasteiger partial charge on any atom is -0.366 e. The molecule has 0 saturated heterocycles. The number of nitrogens with zero attached hydrogens (tertiary/aromatic N) is 3. The highest BCUT2D eigenvalue weighted by molar-refractivity contribution is 5.85. The Kier molecular flexibility index (Phi) is 2.77. The topological polar surface area (TPSA) is 44.8 Å². The molecule has 4 nitrogen and oxygen atoms in total. The molecule has 2 aromatic heterocycles. The van der Waals surface area contributed by atoms with Crippen molar-refractivity contribution in [3.8, 4) is 22.4 Å². The molecule has 114 valence electrons. The van der Waals surface area contributed by atoms with Crippen LogP contribution >= 0.6 is 0 Å². The van der Waals surface area contributed by atoms with Gasteiger partial charge in [-0.15, -0.1) is 0 Å². The van der Waals surface area contributed by atoms with Crippen LogP contribution in [0.3, 0.4) is 0 Å². The number of aromatic amines is 1. The number of benzene rings is 1. The van der Waals surface area contributed by atoms with Crippen molar-refractivity contribution in [2.24, 2.45) is 5.92 Å². The zero-order valence-electron chi connectivity index (χ0n) is 12.9. The largest absolute Gasteiger partial charge is 0.366 e. The van der Waals surface area contributed by atoms with Gasteiger partial charge in [0.05, 0.1) is 11.9 Å². The first-order valence-corrected chi connectivity index (χ1v) is 8.20. The molecule has 23 heavy (non-hydrogen) atoms. The summed E-state index contributed by atoms with van der Waals surface area (Å²) in [4.78, 5) is 6.64. The molecular formula is C19H18N4. The van der Waals surface area contributed by atoms with Gasteiger partial charge in [-0.3, -0.25) is 10.1 Å². The van der Waals surface area contributed by atoms with Crippen molar-refractivity contribution in [2.45, 2.75) is 19.4 Å². The van der Waals surface area contributed by atoms with Gasteiger partial charge in [0, 0.05) is 42.3 Å². The molecule has 0 amide bonds. The highest BCUT2D eigenvalue weighted by Gasteiger charge is 2.29. The Morgan fingerprint density at radius 2 is 1.96 bits per heavy atom. The van der Waals surface area contributed by atoms with Crippen LogP contribution in [-0.2, 0) is 6.54 Å². The number of H-pyrrole nitrogens is 1. The molecule has 2 aliphatic rings. The molecule has 0 spiro atoms. The monoisotopic (exact) mass is 302 g/mol. The van der Waals surface area contributed by atoms with Crippen molar-refractivity contribution in [1.29, 1.82) is 0 Å². The number of anilines is 1. The van der Waals surface area contributed by atoms with E-state index in [2.05, 4.69) is 50.4 Å². The van der Waals surface area contributed by atoms with Gasteiger partial charge in [0.1, 0.15) is 0 Å². The Morgan fingerprint density at radius 3 is 2.78 bits per heavy atom. The third-order valence-electron chi connectivity index (χ3n) is 4.88. The molecule has 1 saturated carbocycles. The van der Waals surface area contributed by atoms with Gasteiger partial charge < -0.3 is 4.90 Å². The number of fused-ring (bicyclic) bond motifs is 3. The number of pyridine rings is 1. The van der Waals surface area contributed by atoms with Gasteiger partial charge in [0.15, 0.2) is 0 Å². The van der Waals surface area contributed by atoms with E-state index >= 15 is 0 Å². The average molecular weight is 302 g/mol. The molecule has 3 aromatic rings. The maximum atomic E-state index is 4.25. The van der Waals surface area contributed by atoms with E-state index in [9.17, 15) is 0 Å². The van der Waals surface area contributed by atoms with Crippen LogP contribution in [0.2, 0.25) is 0 Å². The molecule has 4 heteroatoms. The van der Waals surface area contributed by atoms with Crippen molar-refractivity contribution < 1.29 is 0 Å². The lowest BCUT2D eigenvalue weighted by molar-refractivity contribution is 0.718. The van der Waals surface area contributed by atoms with Gasteiger partial charge >= 0.3 is 0 Å². The lowest BCUT2D eigenvalue weighted by Gasteiger charge is -2.31. The van der Waals surface area contributed by atoms with E-state index in [1.165, 1.54) is 46.5 Å². The Bertz CT molecular complexity index is 849. The van der Waals surface area contributed by atoms with Crippen molar-refractivity contribution in [2.75, 3.05) is 11.4 Å². The van der Waals surface area contributed by atoms with Gasteiger partial charge in [-0.2, -0.15) is 5.10 Å². The predicted octanol–water partition coefficient (Wildman–Crippen LogP) is 3.87. The summed E-state index contributed by atoms with van der Waals surface area (Å²) in [5.41, 5.74) is 7.52. The first kappa shape index (κ1) is 12.9. The first-order chi connectivity index (χ1) is 11.4. The quantitative estimate of drug-likeness (QED) is 0.799. The lowest BCUT2D eigenvalue weighted by Crippen LogP contribution is -2.28. The Balaban J connectivity index is 1.63. The molecule has 1 fully saturated rings. The first-order valence-electron chi connectivity index (χ1n) is 8.20. The summed E-state index contributed by atoms with van der Waals surface area (Å²) in [7, 11) is 0. The summed E-state index contributed by atoms with van der Waals surface area (Å²) >= 11 is 0. The van der Waals surface area contributed by atoms with Crippen molar-refractivity contribution in [3.05, 3.63) is 54.5 Å². The molecule has 0 radical (unpaired) electrons. The molecule has 1 aromatic carbocycles. The van der Waals surface area contributed by atoms with E-state index in [0.29, 0.717) is 0 Å². The van der Waals surface area contributed by atoms with E-state index < -0.39 is 0 Å². The summed E-state index contributed by atoms with van der Waals surface area (Å²) in [5.74, 6) is 0.862. The Labute approximate surface area is 135 Å². The highest BCUT2D eigenvalue weighted by atomic mass is 15.2. The second-order valence-electron chi connectivity index (χ2n) is 6.56. The number of hydrogen-bond donors (Lipinski definition) is 1. The van der Waals surface area contributed by atoms with Crippen LogP contribution in [0.1, 0.15) is 18.4 Å². The summed E-state index contributed by atoms with van der Waals surface area (Å²) < 4.78 is 0. The minimum atomic E-state index is 0.862. The smallest absolute Gasteiger partial charge is 0.0720 e. The summed E-state index contributed by atoms with van der Waals surface area (Å²) in [6.45, 7) is 2.10. The lowest BCUT2D eigenvalue weighted by atomic mass is 9.96.